The first-order chi connectivity index (χ1) is 8.76. The molecule has 0 aliphatic heterocycles. The van der Waals surface area contributed by atoms with Gasteiger partial charge in [0.25, 0.3) is 0 Å². The average molecular weight is 251 g/mol. The normalized spacial score (nSPS) is 25.9. The molecule has 0 N–H and O–H groups in total. The lowest BCUT2D eigenvalue weighted by Crippen LogP contribution is -2.43. The zero-order chi connectivity index (χ0) is 12.8. The molecule has 104 valence electrons. The third-order valence-electron chi connectivity index (χ3n) is 5.11. The maximum Gasteiger partial charge on any atom is 0.127 e. The molecule has 2 nitrogen and oxygen atoms in total. The summed E-state index contributed by atoms with van der Waals surface area (Å²) in [6, 6.07) is 0.728. The third-order valence-corrected chi connectivity index (χ3v) is 5.11. The van der Waals surface area contributed by atoms with E-state index in [2.05, 4.69) is 11.9 Å². The highest BCUT2D eigenvalue weighted by Crippen LogP contribution is 2.36. The largest absolute Gasteiger partial charge is 0.303 e. The Morgan fingerprint density at radius 3 is 2.11 bits per heavy atom. The van der Waals surface area contributed by atoms with Crippen molar-refractivity contribution in [3.05, 3.63) is 0 Å². The highest BCUT2D eigenvalue weighted by atomic mass is 16.1. The SMILES string of the molecule is CN(CC1(C=O)CCCCC1)C1CCCCCC1. The van der Waals surface area contributed by atoms with Crippen LogP contribution in [0.3, 0.4) is 0 Å². The molecule has 0 radical (unpaired) electrons. The second-order valence-corrected chi connectivity index (χ2v) is 6.60. The number of rotatable bonds is 4. The Balaban J connectivity index is 1.91. The van der Waals surface area contributed by atoms with E-state index in [1.807, 2.05) is 0 Å². The quantitative estimate of drug-likeness (QED) is 0.559. The van der Waals surface area contributed by atoms with E-state index in [0.717, 1.165) is 25.4 Å². The summed E-state index contributed by atoms with van der Waals surface area (Å²) in [7, 11) is 2.25. The fraction of sp³-hybridized carbons (Fsp3) is 0.938. The number of carbonyl (C=O) groups is 1. The molecule has 0 unspecified atom stereocenters. The highest BCUT2D eigenvalue weighted by Gasteiger charge is 2.34. The Labute approximate surface area is 112 Å². The zero-order valence-corrected chi connectivity index (χ0v) is 12.0. The van der Waals surface area contributed by atoms with Crippen molar-refractivity contribution in [1.29, 1.82) is 0 Å². The van der Waals surface area contributed by atoms with Crippen LogP contribution in [0.25, 0.3) is 0 Å². The smallest absolute Gasteiger partial charge is 0.127 e. The Morgan fingerprint density at radius 2 is 1.56 bits per heavy atom. The molecule has 2 saturated carbocycles. The molecule has 0 aromatic rings. The minimum Gasteiger partial charge on any atom is -0.303 e. The van der Waals surface area contributed by atoms with Gasteiger partial charge in [0.15, 0.2) is 0 Å². The highest BCUT2D eigenvalue weighted by molar-refractivity contribution is 5.60. The molecule has 2 rings (SSSR count). The van der Waals surface area contributed by atoms with Gasteiger partial charge >= 0.3 is 0 Å². The van der Waals surface area contributed by atoms with Crippen LogP contribution in [0.15, 0.2) is 0 Å². The predicted molar refractivity (Wildman–Crippen MR) is 75.7 cm³/mol. The van der Waals surface area contributed by atoms with Gasteiger partial charge in [-0.25, -0.2) is 0 Å². The first-order valence-electron chi connectivity index (χ1n) is 7.92. The molecule has 2 aliphatic carbocycles. The molecule has 0 amide bonds. The summed E-state index contributed by atoms with van der Waals surface area (Å²) in [5, 5.41) is 0. The van der Waals surface area contributed by atoms with Crippen molar-refractivity contribution >= 4 is 6.29 Å². The van der Waals surface area contributed by atoms with Gasteiger partial charge in [0.1, 0.15) is 6.29 Å². The van der Waals surface area contributed by atoms with E-state index in [4.69, 9.17) is 0 Å². The first-order valence-corrected chi connectivity index (χ1v) is 7.92. The minimum atomic E-state index is -0.0146. The van der Waals surface area contributed by atoms with Crippen LogP contribution in [0.1, 0.15) is 70.6 Å². The molecule has 0 bridgehead atoms. The fourth-order valence-corrected chi connectivity index (χ4v) is 3.89. The minimum absolute atomic E-state index is 0.0146. The van der Waals surface area contributed by atoms with E-state index in [1.54, 1.807) is 0 Å². The number of hydrogen-bond acceptors (Lipinski definition) is 2. The molecule has 0 aromatic carbocycles. The molecular formula is C16H29NO. The predicted octanol–water partition coefficient (Wildman–Crippen LogP) is 3.79. The van der Waals surface area contributed by atoms with E-state index in [0.29, 0.717) is 0 Å². The van der Waals surface area contributed by atoms with E-state index in [1.165, 1.54) is 64.1 Å². The summed E-state index contributed by atoms with van der Waals surface area (Å²) in [5.74, 6) is 0. The van der Waals surface area contributed by atoms with Crippen LogP contribution in [0.2, 0.25) is 0 Å². The molecule has 0 saturated heterocycles. The van der Waals surface area contributed by atoms with E-state index in [-0.39, 0.29) is 5.41 Å². The fourth-order valence-electron chi connectivity index (χ4n) is 3.89. The molecule has 2 heteroatoms. The first kappa shape index (κ1) is 14.0. The average Bonchev–Trinajstić information content (AvgIpc) is 2.68. The Kier molecular flexibility index (Phi) is 5.23. The van der Waals surface area contributed by atoms with Gasteiger partial charge in [-0.2, -0.15) is 0 Å². The molecule has 0 spiro atoms. The van der Waals surface area contributed by atoms with Gasteiger partial charge < -0.3 is 9.69 Å². The lowest BCUT2D eigenvalue weighted by atomic mass is 9.74. The molecule has 2 fully saturated rings. The number of nitrogens with zero attached hydrogens (tertiary/aromatic N) is 1. The van der Waals surface area contributed by atoms with Crippen molar-refractivity contribution in [1.82, 2.24) is 4.90 Å². The van der Waals surface area contributed by atoms with Crippen LogP contribution in [0.5, 0.6) is 0 Å². The lowest BCUT2D eigenvalue weighted by Gasteiger charge is -2.38. The van der Waals surface area contributed by atoms with Crippen molar-refractivity contribution in [2.75, 3.05) is 13.6 Å². The van der Waals surface area contributed by atoms with Gasteiger partial charge in [-0.15, -0.1) is 0 Å². The maximum absolute atomic E-state index is 11.5. The van der Waals surface area contributed by atoms with Crippen molar-refractivity contribution in [3.63, 3.8) is 0 Å². The van der Waals surface area contributed by atoms with E-state index in [9.17, 15) is 4.79 Å². The lowest BCUT2D eigenvalue weighted by molar-refractivity contribution is -0.119. The maximum atomic E-state index is 11.5. The summed E-state index contributed by atoms with van der Waals surface area (Å²) < 4.78 is 0. The van der Waals surface area contributed by atoms with Gasteiger partial charge in [-0.1, -0.05) is 44.9 Å². The third kappa shape index (κ3) is 3.57. The van der Waals surface area contributed by atoms with Gasteiger partial charge in [-0.3, -0.25) is 0 Å². The molecule has 2 aliphatic rings. The standard InChI is InChI=1S/C16H29NO/c1-17(15-9-5-2-3-6-10-15)13-16(14-18)11-7-4-8-12-16/h14-15H,2-13H2,1H3. The van der Waals surface area contributed by atoms with Gasteiger partial charge in [0.05, 0.1) is 0 Å². The van der Waals surface area contributed by atoms with Gasteiger partial charge in [0, 0.05) is 18.0 Å². The summed E-state index contributed by atoms with van der Waals surface area (Å²) in [4.78, 5) is 14.0. The van der Waals surface area contributed by atoms with Crippen LogP contribution in [0, 0.1) is 5.41 Å². The second kappa shape index (κ2) is 6.70. The number of hydrogen-bond donors (Lipinski definition) is 0. The summed E-state index contributed by atoms with van der Waals surface area (Å²) >= 11 is 0. The number of carbonyl (C=O) groups excluding carboxylic acids is 1. The molecule has 0 heterocycles. The van der Waals surface area contributed by atoms with Crippen LogP contribution >= 0.6 is 0 Å². The molecule has 0 atom stereocenters. The monoisotopic (exact) mass is 251 g/mol. The number of aldehydes is 1. The Bertz CT molecular complexity index is 250. The van der Waals surface area contributed by atoms with E-state index >= 15 is 0 Å². The Hall–Kier alpha value is -0.370. The Morgan fingerprint density at radius 1 is 1.00 bits per heavy atom. The van der Waals surface area contributed by atoms with Crippen molar-refractivity contribution in [2.24, 2.45) is 5.41 Å². The van der Waals surface area contributed by atoms with E-state index < -0.39 is 0 Å². The van der Waals surface area contributed by atoms with Crippen molar-refractivity contribution in [2.45, 2.75) is 76.7 Å². The van der Waals surface area contributed by atoms with Gasteiger partial charge in [0.2, 0.25) is 0 Å². The van der Waals surface area contributed by atoms with Crippen LogP contribution < -0.4 is 0 Å². The summed E-state index contributed by atoms with van der Waals surface area (Å²) in [6.45, 7) is 1.00. The summed E-state index contributed by atoms with van der Waals surface area (Å²) in [5.41, 5.74) is -0.0146. The second-order valence-electron chi connectivity index (χ2n) is 6.60. The van der Waals surface area contributed by atoms with Crippen LogP contribution in [-0.2, 0) is 4.79 Å². The molecule has 0 aromatic heterocycles. The summed E-state index contributed by atoms with van der Waals surface area (Å²) in [6.07, 6.45) is 15.6. The van der Waals surface area contributed by atoms with Crippen LogP contribution in [0.4, 0.5) is 0 Å². The molecule has 18 heavy (non-hydrogen) atoms. The zero-order valence-electron chi connectivity index (χ0n) is 12.0. The van der Waals surface area contributed by atoms with Crippen molar-refractivity contribution in [3.8, 4) is 0 Å². The molecular weight excluding hydrogens is 222 g/mol. The van der Waals surface area contributed by atoms with Gasteiger partial charge in [-0.05, 0) is 32.7 Å². The topological polar surface area (TPSA) is 20.3 Å². The van der Waals surface area contributed by atoms with Crippen molar-refractivity contribution < 1.29 is 4.79 Å². The van der Waals surface area contributed by atoms with Crippen LogP contribution in [-0.4, -0.2) is 30.8 Å².